The van der Waals surface area contributed by atoms with Crippen molar-refractivity contribution >= 4 is 34.0 Å². The molecule has 0 aliphatic heterocycles. The highest BCUT2D eigenvalue weighted by atomic mass is 32.2. The molecule has 38 heavy (non-hydrogen) atoms. The second kappa shape index (κ2) is 11.7. The smallest absolute Gasteiger partial charge is 0.235 e. The normalized spacial score (nSPS) is 15.8. The highest BCUT2D eigenvalue weighted by Crippen LogP contribution is 2.39. The van der Waals surface area contributed by atoms with Gasteiger partial charge in [0.1, 0.15) is 16.8 Å². The lowest BCUT2D eigenvalue weighted by atomic mass is 9.87. The van der Waals surface area contributed by atoms with Crippen LogP contribution in [-0.4, -0.2) is 26.4 Å². The van der Waals surface area contributed by atoms with Gasteiger partial charge in [0.05, 0.1) is 11.3 Å². The summed E-state index contributed by atoms with van der Waals surface area (Å²) >= 11 is 2.84. The summed E-state index contributed by atoms with van der Waals surface area (Å²) in [6.07, 6.45) is 4.37. The molecule has 1 aliphatic rings. The molecule has 3 aromatic rings. The van der Waals surface area contributed by atoms with Crippen molar-refractivity contribution in [3.05, 3.63) is 64.3 Å². The predicted octanol–water partition coefficient (Wildman–Crippen LogP) is 6.69. The Balaban J connectivity index is 1.42. The van der Waals surface area contributed by atoms with Crippen LogP contribution in [0.25, 0.3) is 0 Å². The van der Waals surface area contributed by atoms with Crippen molar-refractivity contribution in [2.45, 2.75) is 77.1 Å². The molecular weight excluding hydrogens is 514 g/mol. The van der Waals surface area contributed by atoms with E-state index in [0.29, 0.717) is 34.0 Å². The summed E-state index contributed by atoms with van der Waals surface area (Å²) < 4.78 is 8.09. The Kier molecular flexibility index (Phi) is 8.64. The molecule has 9 heteroatoms. The topological polar surface area (TPSA) is 92.8 Å². The first-order chi connectivity index (χ1) is 18.1. The number of anilines is 1. The quantitative estimate of drug-likeness (QED) is 0.236. The zero-order chi connectivity index (χ0) is 27.4. The molecule has 1 N–H and O–H groups in total. The highest BCUT2D eigenvalue weighted by Gasteiger charge is 2.25. The summed E-state index contributed by atoms with van der Waals surface area (Å²) in [5, 5.41) is 22.7. The first kappa shape index (κ1) is 27.9. The van der Waals surface area contributed by atoms with Crippen LogP contribution in [0.1, 0.15) is 74.5 Å². The number of amides is 1. The van der Waals surface area contributed by atoms with Gasteiger partial charge >= 0.3 is 0 Å². The second-order valence-corrected chi connectivity index (χ2v) is 12.8. The SMILES string of the molecule is C=CCn1c(SCC(=O)Nc2sc3c(c2C#N)CCC(C)C3)nnc1C(C)Oc1ccc(C(C)(C)C)cc1. The lowest BCUT2D eigenvalue weighted by Gasteiger charge is -2.20. The zero-order valence-corrected chi connectivity index (χ0v) is 24.3. The molecule has 4 rings (SSSR count). The fraction of sp³-hybridized carbons (Fsp3) is 0.448. The van der Waals surface area contributed by atoms with Gasteiger partial charge in [-0.15, -0.1) is 28.1 Å². The van der Waals surface area contributed by atoms with E-state index >= 15 is 0 Å². The van der Waals surface area contributed by atoms with Gasteiger partial charge in [-0.1, -0.05) is 57.7 Å². The molecule has 0 spiro atoms. The Bertz CT molecular complexity index is 1340. The van der Waals surface area contributed by atoms with Gasteiger partial charge in [-0.3, -0.25) is 9.36 Å². The Hall–Kier alpha value is -3.09. The number of carbonyl (C=O) groups excluding carboxylic acids is 1. The number of thiophene rings is 1. The fourth-order valence-corrected chi connectivity index (χ4v) is 6.68. The van der Waals surface area contributed by atoms with Gasteiger partial charge in [0.2, 0.25) is 5.91 Å². The van der Waals surface area contributed by atoms with Crippen LogP contribution in [0.3, 0.4) is 0 Å². The first-order valence-electron chi connectivity index (χ1n) is 12.9. The molecule has 2 atom stereocenters. The van der Waals surface area contributed by atoms with Crippen LogP contribution in [0, 0.1) is 17.2 Å². The van der Waals surface area contributed by atoms with Crippen LogP contribution in [0.5, 0.6) is 5.75 Å². The summed E-state index contributed by atoms with van der Waals surface area (Å²) in [6.45, 7) is 15.1. The molecule has 0 radical (unpaired) electrons. The molecule has 1 aromatic carbocycles. The predicted molar refractivity (Wildman–Crippen MR) is 154 cm³/mol. The maximum atomic E-state index is 12.8. The number of hydrogen-bond donors (Lipinski definition) is 1. The minimum Gasteiger partial charge on any atom is -0.483 e. The van der Waals surface area contributed by atoms with E-state index in [1.807, 2.05) is 23.6 Å². The number of rotatable bonds is 9. The molecular formula is C29H35N5O2S2. The number of nitrogens with zero attached hydrogens (tertiary/aromatic N) is 4. The van der Waals surface area contributed by atoms with Crippen LogP contribution in [0.4, 0.5) is 5.00 Å². The third-order valence-corrected chi connectivity index (χ3v) is 8.80. The van der Waals surface area contributed by atoms with Crippen molar-refractivity contribution in [2.24, 2.45) is 5.92 Å². The maximum Gasteiger partial charge on any atom is 0.235 e. The number of aromatic nitrogens is 3. The Morgan fingerprint density at radius 2 is 2.11 bits per heavy atom. The fourth-order valence-electron chi connectivity index (χ4n) is 4.55. The van der Waals surface area contributed by atoms with Crippen LogP contribution >= 0.6 is 23.1 Å². The number of hydrogen-bond acceptors (Lipinski definition) is 7. The van der Waals surface area contributed by atoms with E-state index in [0.717, 1.165) is 30.6 Å². The summed E-state index contributed by atoms with van der Waals surface area (Å²) in [7, 11) is 0. The zero-order valence-electron chi connectivity index (χ0n) is 22.7. The Morgan fingerprint density at radius 1 is 1.37 bits per heavy atom. The van der Waals surface area contributed by atoms with Gasteiger partial charge < -0.3 is 10.1 Å². The Labute approximate surface area is 233 Å². The molecule has 1 amide bonds. The minimum atomic E-state index is -0.343. The third-order valence-electron chi connectivity index (χ3n) is 6.66. The van der Waals surface area contributed by atoms with Gasteiger partial charge in [-0.25, -0.2) is 0 Å². The number of benzene rings is 1. The average molecular weight is 550 g/mol. The van der Waals surface area contributed by atoms with E-state index in [4.69, 9.17) is 4.74 Å². The highest BCUT2D eigenvalue weighted by molar-refractivity contribution is 7.99. The van der Waals surface area contributed by atoms with Crippen LogP contribution in [0.2, 0.25) is 0 Å². The van der Waals surface area contributed by atoms with Gasteiger partial charge in [0.25, 0.3) is 0 Å². The van der Waals surface area contributed by atoms with E-state index in [1.54, 1.807) is 6.08 Å². The van der Waals surface area contributed by atoms with Crippen LogP contribution in [-0.2, 0) is 29.6 Å². The minimum absolute atomic E-state index is 0.0737. The van der Waals surface area contributed by atoms with E-state index < -0.39 is 0 Å². The molecule has 0 fully saturated rings. The van der Waals surface area contributed by atoms with Crippen molar-refractivity contribution in [1.29, 1.82) is 5.26 Å². The number of thioether (sulfide) groups is 1. The molecule has 0 bridgehead atoms. The number of nitriles is 1. The molecule has 2 heterocycles. The summed E-state index contributed by atoms with van der Waals surface area (Å²) in [5.41, 5.74) is 3.04. The van der Waals surface area contributed by atoms with E-state index in [2.05, 4.69) is 68.0 Å². The summed E-state index contributed by atoms with van der Waals surface area (Å²) in [4.78, 5) is 14.1. The van der Waals surface area contributed by atoms with Crippen LogP contribution in [0.15, 0.2) is 42.1 Å². The summed E-state index contributed by atoms with van der Waals surface area (Å²) in [5.74, 6) is 2.01. The van der Waals surface area contributed by atoms with Crippen molar-refractivity contribution in [1.82, 2.24) is 14.8 Å². The lowest BCUT2D eigenvalue weighted by molar-refractivity contribution is -0.113. The van der Waals surface area contributed by atoms with Crippen molar-refractivity contribution in [3.63, 3.8) is 0 Å². The molecule has 1 aliphatic carbocycles. The van der Waals surface area contributed by atoms with Gasteiger partial charge in [0, 0.05) is 11.4 Å². The molecule has 0 saturated carbocycles. The molecule has 2 aromatic heterocycles. The van der Waals surface area contributed by atoms with Gasteiger partial charge in [0.15, 0.2) is 17.1 Å². The average Bonchev–Trinajstić information content (AvgIpc) is 3.42. The molecule has 7 nitrogen and oxygen atoms in total. The number of fused-ring (bicyclic) bond motifs is 1. The van der Waals surface area contributed by atoms with Gasteiger partial charge in [-0.2, -0.15) is 5.26 Å². The van der Waals surface area contributed by atoms with Crippen molar-refractivity contribution in [3.8, 4) is 11.8 Å². The maximum absolute atomic E-state index is 12.8. The lowest BCUT2D eigenvalue weighted by Crippen LogP contribution is -2.15. The largest absolute Gasteiger partial charge is 0.483 e. The second-order valence-electron chi connectivity index (χ2n) is 10.8. The van der Waals surface area contributed by atoms with E-state index in [-0.39, 0.29) is 23.2 Å². The monoisotopic (exact) mass is 549 g/mol. The van der Waals surface area contributed by atoms with E-state index in [9.17, 15) is 10.1 Å². The molecule has 0 saturated heterocycles. The summed E-state index contributed by atoms with van der Waals surface area (Å²) in [6, 6.07) is 10.4. The van der Waals surface area contributed by atoms with Crippen LogP contribution < -0.4 is 10.1 Å². The van der Waals surface area contributed by atoms with E-state index in [1.165, 1.54) is 33.5 Å². The standard InChI is InChI=1S/C29H35N5O2S2/c1-7-14-34-26(19(3)36-21-11-9-20(10-12-21)29(4,5)6)32-33-28(34)37-17-25(35)31-27-23(16-30)22-13-8-18(2)15-24(22)38-27/h7,9-12,18-19H,1,8,13-15,17H2,2-6H3,(H,31,35). The number of allylic oxidation sites excluding steroid dienone is 1. The number of carbonyl (C=O) groups is 1. The number of nitrogens with one attached hydrogen (secondary N) is 1. The van der Waals surface area contributed by atoms with Gasteiger partial charge in [-0.05, 0) is 60.8 Å². The molecule has 200 valence electrons. The molecule has 2 unspecified atom stereocenters. The number of ether oxygens (including phenoxy) is 1. The first-order valence-corrected chi connectivity index (χ1v) is 14.7. The third kappa shape index (κ3) is 6.30. The van der Waals surface area contributed by atoms with Crippen molar-refractivity contribution < 1.29 is 9.53 Å². The van der Waals surface area contributed by atoms with Crippen molar-refractivity contribution in [2.75, 3.05) is 11.1 Å². The Morgan fingerprint density at radius 3 is 2.76 bits per heavy atom.